The zero-order chi connectivity index (χ0) is 15.6. The second-order valence-electron chi connectivity index (χ2n) is 4.32. The van der Waals surface area contributed by atoms with Crippen molar-refractivity contribution in [2.24, 2.45) is 0 Å². The van der Waals surface area contributed by atoms with Crippen molar-refractivity contribution in [3.05, 3.63) is 22.6 Å². The second-order valence-corrected chi connectivity index (χ2v) is 5.34. The van der Waals surface area contributed by atoms with Gasteiger partial charge in [-0.3, -0.25) is 0 Å². The molecule has 0 fully saturated rings. The molecule has 0 spiro atoms. The largest absolute Gasteiger partial charge is 0.496 e. The molecule has 0 unspecified atom stereocenters. The first-order valence-corrected chi connectivity index (χ1v) is 6.98. The van der Waals surface area contributed by atoms with Crippen molar-refractivity contribution < 1.29 is 14.2 Å². The Bertz CT molecular complexity index is 717. The Labute approximate surface area is 127 Å². The highest BCUT2D eigenvalue weighted by molar-refractivity contribution is 7.16. The Morgan fingerprint density at radius 1 is 1.05 bits per heavy atom. The Balaban J connectivity index is 2.71. The van der Waals surface area contributed by atoms with E-state index in [1.54, 1.807) is 27.4 Å². The van der Waals surface area contributed by atoms with Crippen molar-refractivity contribution in [3.63, 3.8) is 0 Å². The minimum Gasteiger partial charge on any atom is -0.496 e. The van der Waals surface area contributed by atoms with E-state index in [1.165, 1.54) is 11.3 Å². The smallest absolute Gasteiger partial charge is 0.164 e. The molecule has 2 rings (SSSR count). The fraction of sp³-hybridized carbons (Fsp3) is 0.267. The van der Waals surface area contributed by atoms with Crippen LogP contribution in [0.2, 0.25) is 0 Å². The molecular weight excluding hydrogens is 288 g/mol. The summed E-state index contributed by atoms with van der Waals surface area (Å²) in [6.07, 6.45) is 0. The van der Waals surface area contributed by atoms with Gasteiger partial charge < -0.3 is 19.9 Å². The highest BCUT2D eigenvalue weighted by Gasteiger charge is 2.19. The minimum atomic E-state index is 0.499. The number of nitriles is 1. The molecule has 0 atom stereocenters. The van der Waals surface area contributed by atoms with Gasteiger partial charge in [0, 0.05) is 16.5 Å². The number of hydrogen-bond donors (Lipinski definition) is 1. The quantitative estimate of drug-likeness (QED) is 0.938. The van der Waals surface area contributed by atoms with E-state index in [-0.39, 0.29) is 0 Å². The van der Waals surface area contributed by atoms with Gasteiger partial charge in [-0.05, 0) is 18.6 Å². The summed E-state index contributed by atoms with van der Waals surface area (Å²) in [5, 5.41) is 9.12. The van der Waals surface area contributed by atoms with E-state index >= 15 is 0 Å². The molecule has 0 bridgehead atoms. The van der Waals surface area contributed by atoms with Gasteiger partial charge in [-0.25, -0.2) is 0 Å². The summed E-state index contributed by atoms with van der Waals surface area (Å²) >= 11 is 1.34. The Hall–Kier alpha value is -2.39. The van der Waals surface area contributed by atoms with E-state index in [4.69, 9.17) is 25.2 Å². The molecule has 21 heavy (non-hydrogen) atoms. The van der Waals surface area contributed by atoms with Crippen LogP contribution in [0.25, 0.3) is 10.4 Å². The van der Waals surface area contributed by atoms with Crippen LogP contribution in [0.3, 0.4) is 0 Å². The molecule has 0 saturated carbocycles. The molecule has 2 N–H and O–H groups in total. The predicted molar refractivity (Wildman–Crippen MR) is 83.3 cm³/mol. The van der Waals surface area contributed by atoms with Crippen LogP contribution in [0.4, 0.5) is 5.69 Å². The summed E-state index contributed by atoms with van der Waals surface area (Å²) in [6.45, 7) is 1.89. The summed E-state index contributed by atoms with van der Waals surface area (Å²) in [5.41, 5.74) is 8.16. The molecule has 6 heteroatoms. The molecule has 0 radical (unpaired) electrons. The molecule has 0 aliphatic rings. The molecule has 0 aliphatic carbocycles. The van der Waals surface area contributed by atoms with Crippen LogP contribution < -0.4 is 19.9 Å². The molecule has 5 nitrogen and oxygen atoms in total. The van der Waals surface area contributed by atoms with Crippen LogP contribution >= 0.6 is 11.3 Å². The zero-order valence-corrected chi connectivity index (χ0v) is 13.1. The number of rotatable bonds is 4. The van der Waals surface area contributed by atoms with Crippen LogP contribution in [-0.2, 0) is 0 Å². The van der Waals surface area contributed by atoms with Gasteiger partial charge in [0.25, 0.3) is 0 Å². The Morgan fingerprint density at radius 3 is 2.10 bits per heavy atom. The van der Waals surface area contributed by atoms with Gasteiger partial charge in [0.15, 0.2) is 11.5 Å². The van der Waals surface area contributed by atoms with Gasteiger partial charge in [-0.1, -0.05) is 0 Å². The highest BCUT2D eigenvalue weighted by atomic mass is 32.1. The first-order valence-electron chi connectivity index (χ1n) is 6.16. The number of nitrogen functional groups attached to an aromatic ring is 1. The summed E-state index contributed by atoms with van der Waals surface area (Å²) in [5.74, 6) is 1.82. The number of hydrogen-bond acceptors (Lipinski definition) is 6. The third-order valence-electron chi connectivity index (χ3n) is 3.25. The average Bonchev–Trinajstić information content (AvgIpc) is 2.81. The monoisotopic (exact) mass is 304 g/mol. The Kier molecular flexibility index (Phi) is 4.24. The third kappa shape index (κ3) is 2.48. The number of anilines is 1. The van der Waals surface area contributed by atoms with Crippen LogP contribution in [0.1, 0.15) is 10.4 Å². The maximum atomic E-state index is 9.12. The number of methoxy groups -OCH3 is 3. The molecular formula is C15H16N2O3S. The molecule has 1 aromatic carbocycles. The highest BCUT2D eigenvalue weighted by Crippen LogP contribution is 2.45. The lowest BCUT2D eigenvalue weighted by atomic mass is 10.1. The summed E-state index contributed by atoms with van der Waals surface area (Å²) in [6, 6.07) is 5.70. The van der Waals surface area contributed by atoms with Gasteiger partial charge in [0.2, 0.25) is 0 Å². The van der Waals surface area contributed by atoms with E-state index in [2.05, 4.69) is 6.07 Å². The average molecular weight is 304 g/mol. The van der Waals surface area contributed by atoms with Gasteiger partial charge >= 0.3 is 0 Å². The lowest BCUT2D eigenvalue weighted by Crippen LogP contribution is -1.95. The van der Waals surface area contributed by atoms with Crippen LogP contribution in [0.15, 0.2) is 12.1 Å². The molecule has 1 heterocycles. The lowest BCUT2D eigenvalue weighted by Gasteiger charge is -2.13. The number of nitrogens with zero attached hydrogens (tertiary/aromatic N) is 1. The molecule has 2 aromatic rings. The van der Waals surface area contributed by atoms with Crippen LogP contribution in [-0.4, -0.2) is 21.3 Å². The van der Waals surface area contributed by atoms with E-state index in [0.717, 1.165) is 16.0 Å². The topological polar surface area (TPSA) is 77.5 Å². The SMILES string of the molecule is COc1cc(OC)c(-c2sc(C#N)c(N)c2C)cc1OC. The third-order valence-corrected chi connectivity index (χ3v) is 4.49. The summed E-state index contributed by atoms with van der Waals surface area (Å²) in [4.78, 5) is 1.39. The standard InChI is InChI=1S/C15H16N2O3S/c1-8-14(17)13(7-16)21-15(8)9-5-11(19-3)12(20-4)6-10(9)18-2/h5-6H,17H2,1-4H3. The van der Waals surface area contributed by atoms with Crippen molar-refractivity contribution in [1.82, 2.24) is 0 Å². The summed E-state index contributed by atoms with van der Waals surface area (Å²) < 4.78 is 16.0. The number of nitrogens with two attached hydrogens (primary N) is 1. The molecule has 0 aliphatic heterocycles. The van der Waals surface area contributed by atoms with E-state index in [1.807, 2.05) is 13.0 Å². The van der Waals surface area contributed by atoms with Crippen molar-refractivity contribution in [2.75, 3.05) is 27.1 Å². The minimum absolute atomic E-state index is 0.499. The molecule has 0 saturated heterocycles. The van der Waals surface area contributed by atoms with Crippen molar-refractivity contribution in [3.8, 4) is 33.8 Å². The second kappa shape index (κ2) is 5.94. The molecule has 110 valence electrons. The van der Waals surface area contributed by atoms with Gasteiger partial charge in [-0.2, -0.15) is 5.26 Å². The number of thiophene rings is 1. The maximum Gasteiger partial charge on any atom is 0.164 e. The predicted octanol–water partition coefficient (Wildman–Crippen LogP) is 3.20. The van der Waals surface area contributed by atoms with Gasteiger partial charge in [0.05, 0.1) is 27.0 Å². The van der Waals surface area contributed by atoms with Crippen LogP contribution in [0, 0.1) is 18.3 Å². The first-order chi connectivity index (χ1) is 10.1. The van der Waals surface area contributed by atoms with Crippen LogP contribution in [0.5, 0.6) is 17.2 Å². The van der Waals surface area contributed by atoms with Gasteiger partial charge in [0.1, 0.15) is 16.7 Å². The van der Waals surface area contributed by atoms with Gasteiger partial charge in [-0.15, -0.1) is 11.3 Å². The van der Waals surface area contributed by atoms with E-state index in [0.29, 0.717) is 27.8 Å². The fourth-order valence-corrected chi connectivity index (χ4v) is 3.12. The molecule has 1 aromatic heterocycles. The zero-order valence-electron chi connectivity index (χ0n) is 12.3. The van der Waals surface area contributed by atoms with Crippen molar-refractivity contribution in [1.29, 1.82) is 5.26 Å². The van der Waals surface area contributed by atoms with Crippen molar-refractivity contribution >= 4 is 17.0 Å². The fourth-order valence-electron chi connectivity index (χ4n) is 2.07. The van der Waals surface area contributed by atoms with E-state index in [9.17, 15) is 0 Å². The number of ether oxygens (including phenoxy) is 3. The maximum absolute atomic E-state index is 9.12. The number of benzene rings is 1. The first kappa shape index (κ1) is 15.0. The summed E-state index contributed by atoms with van der Waals surface area (Å²) in [7, 11) is 4.73. The molecule has 0 amide bonds. The Morgan fingerprint density at radius 2 is 1.62 bits per heavy atom. The lowest BCUT2D eigenvalue weighted by molar-refractivity contribution is 0.349. The van der Waals surface area contributed by atoms with E-state index < -0.39 is 0 Å². The van der Waals surface area contributed by atoms with Crippen molar-refractivity contribution in [2.45, 2.75) is 6.92 Å². The normalized spacial score (nSPS) is 10.0.